The fourth-order valence-corrected chi connectivity index (χ4v) is 3.79. The minimum absolute atomic E-state index is 0.591. The summed E-state index contributed by atoms with van der Waals surface area (Å²) in [5.74, 6) is 0. The van der Waals surface area contributed by atoms with Crippen molar-refractivity contribution in [2.45, 2.75) is 12.8 Å². The summed E-state index contributed by atoms with van der Waals surface area (Å²) < 4.78 is 1.15. The maximum absolute atomic E-state index is 6.06. The van der Waals surface area contributed by atoms with E-state index in [4.69, 9.17) is 11.6 Å². The summed E-state index contributed by atoms with van der Waals surface area (Å²) in [6.45, 7) is 0. The summed E-state index contributed by atoms with van der Waals surface area (Å²) in [5.41, 5.74) is 3.28. The van der Waals surface area contributed by atoms with Crippen molar-refractivity contribution in [2.24, 2.45) is 0 Å². The fraction of sp³-hybridized carbons (Fsp3) is 0.200. The Kier molecular flexibility index (Phi) is 2.30. The Labute approximate surface area is 104 Å². The van der Waals surface area contributed by atoms with E-state index in [0.717, 1.165) is 27.9 Å². The van der Waals surface area contributed by atoms with Crippen molar-refractivity contribution in [3.05, 3.63) is 31.8 Å². The van der Waals surface area contributed by atoms with E-state index < -0.39 is 0 Å². The first-order valence-electron chi connectivity index (χ1n) is 4.53. The number of rotatable bonds is 0. The maximum atomic E-state index is 6.06. The monoisotopic (exact) mass is 300 g/mol. The van der Waals surface area contributed by atoms with Crippen LogP contribution in [0.3, 0.4) is 0 Å². The first kappa shape index (κ1) is 9.75. The topological polar surface area (TPSA) is 25.8 Å². The lowest BCUT2D eigenvalue weighted by molar-refractivity contribution is 0.928. The number of aryl methyl sites for hydroxylation is 1. The molecule has 2 aromatic rings. The minimum atomic E-state index is 0.591. The van der Waals surface area contributed by atoms with E-state index in [2.05, 4.69) is 32.0 Å². The van der Waals surface area contributed by atoms with Gasteiger partial charge in [-0.2, -0.15) is 0 Å². The molecule has 2 aromatic heterocycles. The molecule has 0 unspecified atom stereocenters. The van der Waals surface area contributed by atoms with Gasteiger partial charge in [0, 0.05) is 16.0 Å². The van der Waals surface area contributed by atoms with Gasteiger partial charge in [0.15, 0.2) is 0 Å². The van der Waals surface area contributed by atoms with Gasteiger partial charge in [-0.3, -0.25) is 0 Å². The third kappa shape index (κ3) is 1.51. The second kappa shape index (κ2) is 3.54. The lowest BCUT2D eigenvalue weighted by Gasteiger charge is -2.14. The second-order valence-electron chi connectivity index (χ2n) is 3.38. The average Bonchev–Trinajstić information content (AvgIpc) is 2.59. The zero-order chi connectivity index (χ0) is 10.4. The molecular weight excluding hydrogens is 296 g/mol. The molecule has 0 aromatic carbocycles. The zero-order valence-corrected chi connectivity index (χ0v) is 10.8. The molecule has 0 spiro atoms. The van der Waals surface area contributed by atoms with Crippen molar-refractivity contribution in [2.75, 3.05) is 0 Å². The van der Waals surface area contributed by atoms with E-state index >= 15 is 0 Å². The molecule has 0 bridgehead atoms. The van der Waals surface area contributed by atoms with E-state index in [9.17, 15) is 0 Å². The van der Waals surface area contributed by atoms with Gasteiger partial charge in [0.25, 0.3) is 0 Å². The molecule has 15 heavy (non-hydrogen) atoms. The fourth-order valence-electron chi connectivity index (χ4n) is 1.87. The van der Waals surface area contributed by atoms with Crippen molar-refractivity contribution < 1.29 is 0 Å². The molecule has 1 aliphatic rings. The molecule has 76 valence electrons. The molecule has 0 N–H and O–H groups in total. The molecule has 0 saturated carbocycles. The highest BCUT2D eigenvalue weighted by molar-refractivity contribution is 9.11. The number of hydrogen-bond acceptors (Lipinski definition) is 3. The molecule has 3 rings (SSSR count). The largest absolute Gasteiger partial charge is 0.236 e. The smallest absolute Gasteiger partial charge is 0.136 e. The highest BCUT2D eigenvalue weighted by Crippen LogP contribution is 2.40. The molecule has 0 radical (unpaired) electrons. The van der Waals surface area contributed by atoms with Crippen LogP contribution in [0, 0.1) is 0 Å². The van der Waals surface area contributed by atoms with Gasteiger partial charge in [-0.05, 0) is 34.8 Å². The van der Waals surface area contributed by atoms with E-state index in [-0.39, 0.29) is 0 Å². The van der Waals surface area contributed by atoms with E-state index in [1.807, 2.05) is 0 Å². The third-order valence-corrected chi connectivity index (χ3v) is 4.55. The zero-order valence-electron chi connectivity index (χ0n) is 7.63. The van der Waals surface area contributed by atoms with Gasteiger partial charge in [0.1, 0.15) is 11.5 Å². The average molecular weight is 302 g/mol. The van der Waals surface area contributed by atoms with Gasteiger partial charge in [0.2, 0.25) is 0 Å². The predicted octanol–water partition coefficient (Wildman–Crippen LogP) is 3.72. The number of fused-ring (bicyclic) bond motifs is 3. The Morgan fingerprint density at radius 3 is 3.07 bits per heavy atom. The molecule has 0 fully saturated rings. The third-order valence-electron chi connectivity index (χ3n) is 2.53. The Morgan fingerprint density at radius 2 is 2.20 bits per heavy atom. The van der Waals surface area contributed by atoms with Crippen LogP contribution in [0.15, 0.2) is 16.2 Å². The predicted molar refractivity (Wildman–Crippen MR) is 65.5 cm³/mol. The van der Waals surface area contributed by atoms with Crippen LogP contribution < -0.4 is 0 Å². The van der Waals surface area contributed by atoms with Crippen molar-refractivity contribution in [3.63, 3.8) is 0 Å². The quantitative estimate of drug-likeness (QED) is 0.693. The minimum Gasteiger partial charge on any atom is -0.236 e. The number of thiophene rings is 1. The Hall–Kier alpha value is -0.450. The maximum Gasteiger partial charge on any atom is 0.136 e. The second-order valence-corrected chi connectivity index (χ2v) is 6.25. The molecule has 2 nitrogen and oxygen atoms in total. The van der Waals surface area contributed by atoms with Crippen LogP contribution in [-0.4, -0.2) is 9.97 Å². The van der Waals surface area contributed by atoms with Gasteiger partial charge in [0.05, 0.1) is 9.48 Å². The summed E-state index contributed by atoms with van der Waals surface area (Å²) in [7, 11) is 0. The van der Waals surface area contributed by atoms with Crippen molar-refractivity contribution in [1.29, 1.82) is 0 Å². The standard InChI is InChI=1S/C10H6BrClN2S/c11-8-3-6-7(15-8)2-1-5-9(6)13-4-14-10(5)12/h3-4H,1-2H2. The summed E-state index contributed by atoms with van der Waals surface area (Å²) in [6, 6.07) is 2.11. The number of nitrogens with zero attached hydrogens (tertiary/aromatic N) is 2. The molecule has 0 atom stereocenters. The normalized spacial score (nSPS) is 13.5. The van der Waals surface area contributed by atoms with Gasteiger partial charge < -0.3 is 0 Å². The number of hydrogen-bond donors (Lipinski definition) is 0. The van der Waals surface area contributed by atoms with Crippen LogP contribution in [0.25, 0.3) is 11.3 Å². The van der Waals surface area contributed by atoms with Crippen LogP contribution in [0.1, 0.15) is 10.4 Å². The van der Waals surface area contributed by atoms with Gasteiger partial charge in [-0.1, -0.05) is 11.6 Å². The van der Waals surface area contributed by atoms with Crippen LogP contribution in [0.5, 0.6) is 0 Å². The molecule has 5 heteroatoms. The van der Waals surface area contributed by atoms with Crippen LogP contribution in [-0.2, 0) is 12.8 Å². The summed E-state index contributed by atoms with van der Waals surface area (Å²) in [6.07, 6.45) is 3.50. The van der Waals surface area contributed by atoms with Crippen LogP contribution in [0.2, 0.25) is 5.15 Å². The molecule has 0 amide bonds. The van der Waals surface area contributed by atoms with Gasteiger partial charge in [-0.15, -0.1) is 11.3 Å². The highest BCUT2D eigenvalue weighted by atomic mass is 79.9. The first-order valence-corrected chi connectivity index (χ1v) is 6.52. The SMILES string of the molecule is Clc1ncnc2c1CCc1sc(Br)cc1-2. The Balaban J connectivity index is 2.29. The van der Waals surface area contributed by atoms with Crippen LogP contribution >= 0.6 is 38.9 Å². The van der Waals surface area contributed by atoms with E-state index in [0.29, 0.717) is 5.15 Å². The van der Waals surface area contributed by atoms with E-state index in [1.165, 1.54) is 16.8 Å². The van der Waals surface area contributed by atoms with Crippen molar-refractivity contribution >= 4 is 38.9 Å². The summed E-state index contributed by atoms with van der Waals surface area (Å²) in [5, 5.41) is 0.591. The van der Waals surface area contributed by atoms with Crippen molar-refractivity contribution in [1.82, 2.24) is 9.97 Å². The molecule has 0 aliphatic heterocycles. The molecule has 0 saturated heterocycles. The number of aromatic nitrogens is 2. The summed E-state index contributed by atoms with van der Waals surface area (Å²) >= 11 is 11.3. The summed E-state index contributed by atoms with van der Waals surface area (Å²) in [4.78, 5) is 9.72. The molecular formula is C10H6BrClN2S. The Morgan fingerprint density at radius 1 is 1.33 bits per heavy atom. The lowest BCUT2D eigenvalue weighted by atomic mass is 9.96. The van der Waals surface area contributed by atoms with Crippen molar-refractivity contribution in [3.8, 4) is 11.3 Å². The molecule has 2 heterocycles. The van der Waals surface area contributed by atoms with Crippen LogP contribution in [0.4, 0.5) is 0 Å². The van der Waals surface area contributed by atoms with Gasteiger partial charge in [-0.25, -0.2) is 9.97 Å². The van der Waals surface area contributed by atoms with Gasteiger partial charge >= 0.3 is 0 Å². The lowest BCUT2D eigenvalue weighted by Crippen LogP contribution is -2.04. The van der Waals surface area contributed by atoms with E-state index in [1.54, 1.807) is 11.3 Å². The molecule has 1 aliphatic carbocycles. The number of halogens is 2. The Bertz CT molecular complexity index is 538. The highest BCUT2D eigenvalue weighted by Gasteiger charge is 2.22. The first-order chi connectivity index (χ1) is 7.25.